The van der Waals surface area contributed by atoms with Gasteiger partial charge in [0.25, 0.3) is 0 Å². The third-order valence-electron chi connectivity index (χ3n) is 5.23. The average Bonchev–Trinajstić information content (AvgIpc) is 3.13. The summed E-state index contributed by atoms with van der Waals surface area (Å²) in [6, 6.07) is 21.8. The van der Waals surface area contributed by atoms with Gasteiger partial charge in [-0.2, -0.15) is 0 Å². The lowest BCUT2D eigenvalue weighted by molar-refractivity contribution is 0.0308. The summed E-state index contributed by atoms with van der Waals surface area (Å²) < 4.78 is 11.8. The van der Waals surface area contributed by atoms with Crippen molar-refractivity contribution in [3.63, 3.8) is 0 Å². The van der Waals surface area contributed by atoms with Crippen LogP contribution in [-0.4, -0.2) is 18.3 Å². The molecule has 1 aliphatic rings. The van der Waals surface area contributed by atoms with Gasteiger partial charge in [-0.3, -0.25) is 0 Å². The molecule has 5 heteroatoms. The van der Waals surface area contributed by atoms with E-state index in [2.05, 4.69) is 0 Å². The number of para-hydroxylation sites is 1. The molecule has 0 radical (unpaired) electrons. The molecule has 0 spiro atoms. The molecule has 1 heterocycles. The third-order valence-corrected chi connectivity index (χ3v) is 5.46. The summed E-state index contributed by atoms with van der Waals surface area (Å²) in [6.07, 6.45) is -0.370. The fraction of sp³-hybridized carbons (Fsp3) is 0.208. The summed E-state index contributed by atoms with van der Waals surface area (Å²) in [7, 11) is 0. The van der Waals surface area contributed by atoms with Crippen LogP contribution in [0.5, 0.6) is 5.75 Å². The molecular weight excluding hydrogens is 386 g/mol. The standard InChI is InChI=1S/C24H22ClNO3/c1-15-12-18(25)10-11-19(15)20-9-5-8-17-14-22(28-23(17)20)21(29-24(26)27)13-16-6-3-2-4-7-16/h2-12,21-22H,13-14H2,1H3,(H2,26,27). The van der Waals surface area contributed by atoms with Crippen LogP contribution in [0.25, 0.3) is 11.1 Å². The minimum atomic E-state index is -0.792. The number of hydrogen-bond donors (Lipinski definition) is 1. The Morgan fingerprint density at radius 1 is 1.14 bits per heavy atom. The quantitative estimate of drug-likeness (QED) is 0.622. The highest BCUT2D eigenvalue weighted by Crippen LogP contribution is 2.41. The monoisotopic (exact) mass is 407 g/mol. The van der Waals surface area contributed by atoms with Crippen LogP contribution >= 0.6 is 11.6 Å². The molecule has 0 aromatic heterocycles. The van der Waals surface area contributed by atoms with Crippen LogP contribution in [0.4, 0.5) is 4.79 Å². The topological polar surface area (TPSA) is 61.6 Å². The largest absolute Gasteiger partial charge is 0.485 e. The Hall–Kier alpha value is -2.98. The number of benzene rings is 3. The second kappa shape index (κ2) is 8.18. The molecule has 1 aliphatic heterocycles. The summed E-state index contributed by atoms with van der Waals surface area (Å²) >= 11 is 6.12. The summed E-state index contributed by atoms with van der Waals surface area (Å²) in [5.41, 5.74) is 10.7. The molecule has 1 amide bonds. The van der Waals surface area contributed by atoms with Crippen LogP contribution < -0.4 is 10.5 Å². The number of halogens is 1. The van der Waals surface area contributed by atoms with E-state index >= 15 is 0 Å². The Morgan fingerprint density at radius 3 is 2.66 bits per heavy atom. The van der Waals surface area contributed by atoms with Crippen molar-refractivity contribution in [2.24, 2.45) is 5.73 Å². The molecule has 3 aromatic rings. The van der Waals surface area contributed by atoms with Gasteiger partial charge >= 0.3 is 6.09 Å². The minimum Gasteiger partial charge on any atom is -0.485 e. The predicted molar refractivity (Wildman–Crippen MR) is 114 cm³/mol. The number of carbonyl (C=O) groups excluding carboxylic acids is 1. The van der Waals surface area contributed by atoms with Crippen LogP contribution in [0.15, 0.2) is 66.7 Å². The van der Waals surface area contributed by atoms with E-state index in [1.54, 1.807) is 0 Å². The molecule has 2 atom stereocenters. The van der Waals surface area contributed by atoms with Gasteiger partial charge in [0.1, 0.15) is 18.0 Å². The summed E-state index contributed by atoms with van der Waals surface area (Å²) in [5, 5.41) is 0.704. The summed E-state index contributed by atoms with van der Waals surface area (Å²) in [5.74, 6) is 0.828. The lowest BCUT2D eigenvalue weighted by Crippen LogP contribution is -2.38. The number of hydrogen-bond acceptors (Lipinski definition) is 3. The zero-order valence-electron chi connectivity index (χ0n) is 16.1. The molecule has 2 unspecified atom stereocenters. The zero-order chi connectivity index (χ0) is 20.4. The van der Waals surface area contributed by atoms with E-state index in [0.29, 0.717) is 17.9 Å². The van der Waals surface area contributed by atoms with Crippen molar-refractivity contribution in [2.45, 2.75) is 32.0 Å². The van der Waals surface area contributed by atoms with E-state index < -0.39 is 12.2 Å². The van der Waals surface area contributed by atoms with Crippen LogP contribution in [0.3, 0.4) is 0 Å². The van der Waals surface area contributed by atoms with Crippen LogP contribution in [-0.2, 0) is 17.6 Å². The highest BCUT2D eigenvalue weighted by molar-refractivity contribution is 6.30. The van der Waals surface area contributed by atoms with Gasteiger partial charge in [0, 0.05) is 23.4 Å². The van der Waals surface area contributed by atoms with E-state index in [9.17, 15) is 4.79 Å². The van der Waals surface area contributed by atoms with Crippen LogP contribution in [0.1, 0.15) is 16.7 Å². The maximum Gasteiger partial charge on any atom is 0.404 e. The molecule has 0 saturated heterocycles. The Bertz CT molecular complexity index is 1040. The molecule has 0 aliphatic carbocycles. The Kier molecular flexibility index (Phi) is 5.45. The molecular formula is C24H22ClNO3. The van der Waals surface area contributed by atoms with Gasteiger partial charge in [0.15, 0.2) is 0 Å². The fourth-order valence-corrected chi connectivity index (χ4v) is 4.11. The molecule has 0 saturated carbocycles. The van der Waals surface area contributed by atoms with Crippen molar-refractivity contribution >= 4 is 17.7 Å². The van der Waals surface area contributed by atoms with E-state index in [-0.39, 0.29) is 6.10 Å². The van der Waals surface area contributed by atoms with E-state index in [1.807, 2.05) is 73.7 Å². The van der Waals surface area contributed by atoms with Crippen molar-refractivity contribution in [3.05, 3.63) is 88.4 Å². The highest BCUT2D eigenvalue weighted by atomic mass is 35.5. The Balaban J connectivity index is 1.64. The summed E-state index contributed by atoms with van der Waals surface area (Å²) in [4.78, 5) is 11.5. The van der Waals surface area contributed by atoms with Crippen molar-refractivity contribution in [1.82, 2.24) is 0 Å². The molecule has 148 valence electrons. The second-order valence-corrected chi connectivity index (χ2v) is 7.71. The first-order chi connectivity index (χ1) is 14.0. The first kappa shape index (κ1) is 19.3. The maximum absolute atomic E-state index is 11.5. The molecule has 0 fully saturated rings. The van der Waals surface area contributed by atoms with Gasteiger partial charge < -0.3 is 15.2 Å². The van der Waals surface area contributed by atoms with Crippen molar-refractivity contribution in [3.8, 4) is 16.9 Å². The van der Waals surface area contributed by atoms with Gasteiger partial charge in [0.05, 0.1) is 0 Å². The predicted octanol–water partition coefficient (Wildman–Crippen LogP) is 5.33. The Morgan fingerprint density at radius 2 is 1.93 bits per heavy atom. The highest BCUT2D eigenvalue weighted by Gasteiger charge is 2.34. The number of rotatable bonds is 5. The summed E-state index contributed by atoms with van der Waals surface area (Å²) in [6.45, 7) is 2.03. The second-order valence-electron chi connectivity index (χ2n) is 7.28. The normalized spacial score (nSPS) is 16.0. The van der Waals surface area contributed by atoms with Gasteiger partial charge in [-0.05, 0) is 41.3 Å². The fourth-order valence-electron chi connectivity index (χ4n) is 3.89. The Labute approximate surface area is 175 Å². The average molecular weight is 408 g/mol. The van der Waals surface area contributed by atoms with Crippen LogP contribution in [0.2, 0.25) is 5.02 Å². The molecule has 4 nitrogen and oxygen atoms in total. The number of ether oxygens (including phenoxy) is 2. The number of carbonyl (C=O) groups is 1. The van der Waals surface area contributed by atoms with Crippen LogP contribution in [0, 0.1) is 6.92 Å². The number of amides is 1. The molecule has 2 N–H and O–H groups in total. The third kappa shape index (κ3) is 4.22. The first-order valence-corrected chi connectivity index (χ1v) is 9.94. The van der Waals surface area contributed by atoms with Crippen molar-refractivity contribution < 1.29 is 14.3 Å². The maximum atomic E-state index is 11.5. The molecule has 3 aromatic carbocycles. The number of primary amides is 1. The lowest BCUT2D eigenvalue weighted by Gasteiger charge is -2.23. The van der Waals surface area contributed by atoms with Gasteiger partial charge in [-0.15, -0.1) is 0 Å². The molecule has 0 bridgehead atoms. The number of nitrogens with two attached hydrogens (primary N) is 1. The molecule has 29 heavy (non-hydrogen) atoms. The smallest absolute Gasteiger partial charge is 0.404 e. The SMILES string of the molecule is Cc1cc(Cl)ccc1-c1cccc2c1OC(C(Cc1ccccc1)OC(N)=O)C2. The van der Waals surface area contributed by atoms with Gasteiger partial charge in [0.2, 0.25) is 0 Å². The lowest BCUT2D eigenvalue weighted by atomic mass is 9.96. The number of aryl methyl sites for hydroxylation is 1. The van der Waals surface area contributed by atoms with E-state index in [0.717, 1.165) is 33.6 Å². The zero-order valence-corrected chi connectivity index (χ0v) is 16.9. The minimum absolute atomic E-state index is 0.300. The van der Waals surface area contributed by atoms with Gasteiger partial charge in [-0.1, -0.05) is 66.2 Å². The van der Waals surface area contributed by atoms with Crippen molar-refractivity contribution in [1.29, 1.82) is 0 Å². The van der Waals surface area contributed by atoms with Gasteiger partial charge in [-0.25, -0.2) is 4.79 Å². The first-order valence-electron chi connectivity index (χ1n) is 9.56. The van der Waals surface area contributed by atoms with E-state index in [4.69, 9.17) is 26.8 Å². The van der Waals surface area contributed by atoms with Crippen molar-refractivity contribution in [2.75, 3.05) is 0 Å². The number of fused-ring (bicyclic) bond motifs is 1. The molecule has 4 rings (SSSR count). The van der Waals surface area contributed by atoms with E-state index in [1.165, 1.54) is 0 Å².